The molecular weight excluding hydrogens is 351 g/mol. The van der Waals surface area contributed by atoms with E-state index in [9.17, 15) is 4.79 Å². The first-order valence-electron chi connectivity index (χ1n) is 6.85. The van der Waals surface area contributed by atoms with Gasteiger partial charge in [-0.15, -0.1) is 0 Å². The number of rotatable bonds is 2. The topological polar surface area (TPSA) is 32.3 Å². The number of halogens is 2. The zero-order chi connectivity index (χ0) is 16.6. The fourth-order valence-corrected chi connectivity index (χ4v) is 2.91. The number of anilines is 1. The van der Waals surface area contributed by atoms with Crippen LogP contribution in [0.2, 0.25) is 10.0 Å². The van der Waals surface area contributed by atoms with Crippen molar-refractivity contribution >= 4 is 58.2 Å². The van der Waals surface area contributed by atoms with Crippen LogP contribution in [0.1, 0.15) is 11.1 Å². The molecule has 2 aromatic rings. The maximum absolute atomic E-state index is 12.6. The van der Waals surface area contributed by atoms with Crippen LogP contribution >= 0.6 is 35.4 Å². The van der Waals surface area contributed by atoms with Gasteiger partial charge in [0.15, 0.2) is 5.11 Å². The van der Waals surface area contributed by atoms with Crippen molar-refractivity contribution in [3.8, 4) is 0 Å². The monoisotopic (exact) mass is 362 g/mol. The highest BCUT2D eigenvalue weighted by atomic mass is 35.5. The molecule has 0 unspecified atom stereocenters. The van der Waals surface area contributed by atoms with Crippen LogP contribution in [-0.4, -0.2) is 11.0 Å². The van der Waals surface area contributed by atoms with Crippen molar-refractivity contribution in [3.05, 3.63) is 69.3 Å². The first kappa shape index (κ1) is 16.0. The van der Waals surface area contributed by atoms with Gasteiger partial charge in [0.05, 0.1) is 15.7 Å². The number of nitrogens with zero attached hydrogens (tertiary/aromatic N) is 1. The van der Waals surface area contributed by atoms with Crippen LogP contribution in [0.5, 0.6) is 0 Å². The number of carbonyl (C=O) groups is 1. The quantitative estimate of drug-likeness (QED) is 0.627. The van der Waals surface area contributed by atoms with E-state index < -0.39 is 0 Å². The minimum Gasteiger partial charge on any atom is -0.327 e. The molecule has 1 aliphatic rings. The molecule has 3 nitrogen and oxygen atoms in total. The van der Waals surface area contributed by atoms with Gasteiger partial charge in [-0.1, -0.05) is 53.0 Å². The standard InChI is InChI=1S/C17H12Cl2N2OS/c1-10-5-7-12(8-6-10)21-16(22)14(20-17(21)23)9-11-3-2-4-13(18)15(11)19/h2-9H,1H3,(H,20,23). The maximum atomic E-state index is 12.6. The molecule has 0 radical (unpaired) electrons. The first-order chi connectivity index (χ1) is 11.0. The van der Waals surface area contributed by atoms with E-state index in [1.807, 2.05) is 31.2 Å². The highest BCUT2D eigenvalue weighted by Gasteiger charge is 2.32. The van der Waals surface area contributed by atoms with Crippen molar-refractivity contribution in [1.82, 2.24) is 5.32 Å². The number of amides is 1. The summed E-state index contributed by atoms with van der Waals surface area (Å²) in [4.78, 5) is 14.1. The van der Waals surface area contributed by atoms with Gasteiger partial charge in [-0.2, -0.15) is 0 Å². The molecule has 3 rings (SSSR count). The van der Waals surface area contributed by atoms with Gasteiger partial charge >= 0.3 is 0 Å². The van der Waals surface area contributed by atoms with E-state index in [0.717, 1.165) is 11.3 Å². The smallest absolute Gasteiger partial charge is 0.281 e. The lowest BCUT2D eigenvalue weighted by Crippen LogP contribution is -2.30. The average molecular weight is 363 g/mol. The van der Waals surface area contributed by atoms with Crippen LogP contribution in [0.3, 0.4) is 0 Å². The predicted molar refractivity (Wildman–Crippen MR) is 98.8 cm³/mol. The molecule has 1 fully saturated rings. The molecule has 1 heterocycles. The Balaban J connectivity index is 1.96. The normalized spacial score (nSPS) is 16.1. The molecule has 0 atom stereocenters. The highest BCUT2D eigenvalue weighted by molar-refractivity contribution is 7.80. The van der Waals surface area contributed by atoms with Crippen molar-refractivity contribution < 1.29 is 4.79 Å². The Hall–Kier alpha value is -1.88. The molecule has 116 valence electrons. The molecule has 1 saturated heterocycles. The molecule has 1 N–H and O–H groups in total. The van der Waals surface area contributed by atoms with Gasteiger partial charge in [-0.3, -0.25) is 9.69 Å². The van der Waals surface area contributed by atoms with Gasteiger partial charge in [-0.05, 0) is 49.0 Å². The number of aryl methyl sites for hydroxylation is 1. The van der Waals surface area contributed by atoms with E-state index in [1.54, 1.807) is 24.3 Å². The third-order valence-corrected chi connectivity index (χ3v) is 4.57. The second-order valence-corrected chi connectivity index (χ2v) is 6.28. The molecule has 0 aliphatic carbocycles. The summed E-state index contributed by atoms with van der Waals surface area (Å²) in [5, 5.41) is 4.10. The summed E-state index contributed by atoms with van der Waals surface area (Å²) >= 11 is 17.4. The Labute approximate surface area is 149 Å². The van der Waals surface area contributed by atoms with Gasteiger partial charge in [0.1, 0.15) is 5.70 Å². The Morgan fingerprint density at radius 2 is 1.83 bits per heavy atom. The lowest BCUT2D eigenvalue weighted by molar-refractivity contribution is -0.113. The van der Waals surface area contributed by atoms with Gasteiger partial charge in [0.2, 0.25) is 0 Å². The number of nitrogens with one attached hydrogen (secondary N) is 1. The Morgan fingerprint density at radius 3 is 2.52 bits per heavy atom. The van der Waals surface area contributed by atoms with Crippen molar-refractivity contribution in [2.75, 3.05) is 4.90 Å². The number of carbonyl (C=O) groups excluding carboxylic acids is 1. The van der Waals surface area contributed by atoms with Crippen LogP contribution < -0.4 is 10.2 Å². The van der Waals surface area contributed by atoms with Gasteiger partial charge in [0.25, 0.3) is 5.91 Å². The molecule has 2 aromatic carbocycles. The van der Waals surface area contributed by atoms with Crippen molar-refractivity contribution in [2.24, 2.45) is 0 Å². The largest absolute Gasteiger partial charge is 0.327 e. The van der Waals surface area contributed by atoms with Crippen molar-refractivity contribution in [1.29, 1.82) is 0 Å². The second-order valence-electron chi connectivity index (χ2n) is 5.11. The SMILES string of the molecule is Cc1ccc(N2C(=O)C(=Cc3cccc(Cl)c3Cl)NC2=S)cc1. The van der Waals surface area contributed by atoms with Gasteiger partial charge < -0.3 is 5.32 Å². The van der Waals surface area contributed by atoms with Crippen molar-refractivity contribution in [2.45, 2.75) is 6.92 Å². The average Bonchev–Trinajstić information content (AvgIpc) is 2.79. The summed E-state index contributed by atoms with van der Waals surface area (Å²) in [5.74, 6) is -0.227. The molecule has 1 aliphatic heterocycles. The lowest BCUT2D eigenvalue weighted by atomic mass is 10.2. The molecule has 0 aromatic heterocycles. The molecule has 0 spiro atoms. The number of thiocarbonyl (C=S) groups is 1. The van der Waals surface area contributed by atoms with Gasteiger partial charge in [-0.25, -0.2) is 0 Å². The van der Waals surface area contributed by atoms with Crippen LogP contribution in [0.25, 0.3) is 6.08 Å². The zero-order valence-corrected chi connectivity index (χ0v) is 14.5. The highest BCUT2D eigenvalue weighted by Crippen LogP contribution is 2.29. The second kappa shape index (κ2) is 6.32. The van der Waals surface area contributed by atoms with E-state index >= 15 is 0 Å². The minimum atomic E-state index is -0.227. The maximum Gasteiger partial charge on any atom is 0.281 e. The van der Waals surface area contributed by atoms with E-state index in [-0.39, 0.29) is 5.91 Å². The third kappa shape index (κ3) is 3.11. The summed E-state index contributed by atoms with van der Waals surface area (Å²) in [6, 6.07) is 12.8. The molecule has 0 saturated carbocycles. The lowest BCUT2D eigenvalue weighted by Gasteiger charge is -2.14. The fourth-order valence-electron chi connectivity index (χ4n) is 2.25. The summed E-state index contributed by atoms with van der Waals surface area (Å²) in [6.07, 6.45) is 1.65. The molecular formula is C17H12Cl2N2OS. The number of hydrogen-bond donors (Lipinski definition) is 1. The molecule has 6 heteroatoms. The summed E-state index contributed by atoms with van der Waals surface area (Å²) in [5.41, 5.74) is 2.85. The Kier molecular flexibility index (Phi) is 4.39. The summed E-state index contributed by atoms with van der Waals surface area (Å²) in [7, 11) is 0. The van der Waals surface area contributed by atoms with E-state index in [0.29, 0.717) is 26.4 Å². The summed E-state index contributed by atoms with van der Waals surface area (Å²) in [6.45, 7) is 1.98. The zero-order valence-electron chi connectivity index (χ0n) is 12.1. The predicted octanol–water partition coefficient (Wildman–Crippen LogP) is 4.56. The molecule has 0 bridgehead atoms. The van der Waals surface area contributed by atoms with Crippen molar-refractivity contribution in [3.63, 3.8) is 0 Å². The van der Waals surface area contributed by atoms with Crippen LogP contribution in [0, 0.1) is 6.92 Å². The Morgan fingerprint density at radius 1 is 1.13 bits per heavy atom. The van der Waals surface area contributed by atoms with Gasteiger partial charge in [0, 0.05) is 0 Å². The van der Waals surface area contributed by atoms with Crippen LogP contribution in [0.15, 0.2) is 48.2 Å². The van der Waals surface area contributed by atoms with E-state index in [1.165, 1.54) is 4.90 Å². The Bertz CT molecular complexity index is 831. The minimum absolute atomic E-state index is 0.227. The van der Waals surface area contributed by atoms with E-state index in [4.69, 9.17) is 35.4 Å². The van der Waals surface area contributed by atoms with Crippen LogP contribution in [-0.2, 0) is 4.79 Å². The van der Waals surface area contributed by atoms with E-state index in [2.05, 4.69) is 5.32 Å². The molecule has 1 amide bonds. The van der Waals surface area contributed by atoms with Crippen LogP contribution in [0.4, 0.5) is 5.69 Å². The number of benzene rings is 2. The third-order valence-electron chi connectivity index (χ3n) is 3.45. The fraction of sp³-hybridized carbons (Fsp3) is 0.0588. The number of hydrogen-bond acceptors (Lipinski definition) is 2. The first-order valence-corrected chi connectivity index (χ1v) is 8.01. The molecule has 23 heavy (non-hydrogen) atoms. The summed E-state index contributed by atoms with van der Waals surface area (Å²) < 4.78 is 0.